The first-order chi connectivity index (χ1) is 6.67. The van der Waals surface area contributed by atoms with E-state index in [1.54, 1.807) is 7.11 Å². The van der Waals surface area contributed by atoms with Crippen LogP contribution in [0.3, 0.4) is 0 Å². The molecule has 0 saturated carbocycles. The van der Waals surface area contributed by atoms with Gasteiger partial charge in [0.25, 0.3) is 0 Å². The molecule has 14 heavy (non-hydrogen) atoms. The summed E-state index contributed by atoms with van der Waals surface area (Å²) in [6.45, 7) is 7.82. The predicted octanol–water partition coefficient (Wildman–Crippen LogP) is 2.99. The van der Waals surface area contributed by atoms with E-state index < -0.39 is 0 Å². The summed E-state index contributed by atoms with van der Waals surface area (Å²) in [5.74, 6) is 0.918. The molecule has 1 N–H and O–H groups in total. The summed E-state index contributed by atoms with van der Waals surface area (Å²) in [5, 5.41) is 3.31. The monoisotopic (exact) mass is 191 g/mol. The second-order valence-electron chi connectivity index (χ2n) is 3.35. The zero-order valence-electron chi connectivity index (χ0n) is 9.00. The van der Waals surface area contributed by atoms with Gasteiger partial charge in [0.1, 0.15) is 5.75 Å². The van der Waals surface area contributed by atoms with E-state index >= 15 is 0 Å². The fraction of sp³-hybridized carbons (Fsp3) is 0.333. The van der Waals surface area contributed by atoms with Gasteiger partial charge in [-0.15, -0.1) is 6.58 Å². The molecule has 76 valence electrons. The molecule has 1 rings (SSSR count). The minimum atomic E-state index is 0.280. The minimum Gasteiger partial charge on any atom is -0.496 e. The van der Waals surface area contributed by atoms with Crippen LogP contribution in [0.2, 0.25) is 0 Å². The average molecular weight is 191 g/mol. The summed E-state index contributed by atoms with van der Waals surface area (Å²) in [4.78, 5) is 0. The Hall–Kier alpha value is -1.44. The molecule has 1 unspecified atom stereocenters. The number of ether oxygens (including phenoxy) is 1. The van der Waals surface area contributed by atoms with Crippen LogP contribution in [0.1, 0.15) is 12.5 Å². The molecule has 0 heterocycles. The smallest absolute Gasteiger partial charge is 0.121 e. The summed E-state index contributed by atoms with van der Waals surface area (Å²) in [6.07, 6.45) is 1.87. The predicted molar refractivity (Wildman–Crippen MR) is 61.0 cm³/mol. The molecular formula is C12H17NO. The second kappa shape index (κ2) is 4.70. The van der Waals surface area contributed by atoms with Crippen LogP contribution in [0.25, 0.3) is 0 Å². The number of aryl methyl sites for hydroxylation is 1. The van der Waals surface area contributed by atoms with Gasteiger partial charge < -0.3 is 10.1 Å². The van der Waals surface area contributed by atoms with Gasteiger partial charge in [-0.2, -0.15) is 0 Å². The molecule has 0 amide bonds. The van der Waals surface area contributed by atoms with E-state index in [1.807, 2.05) is 25.1 Å². The van der Waals surface area contributed by atoms with Gasteiger partial charge in [-0.1, -0.05) is 6.08 Å². The van der Waals surface area contributed by atoms with Gasteiger partial charge in [-0.25, -0.2) is 0 Å². The molecule has 0 aromatic heterocycles. The molecule has 0 aliphatic carbocycles. The molecule has 1 atom stereocenters. The number of hydrogen-bond donors (Lipinski definition) is 1. The third kappa shape index (κ3) is 2.52. The Morgan fingerprint density at radius 3 is 2.71 bits per heavy atom. The van der Waals surface area contributed by atoms with Crippen molar-refractivity contribution < 1.29 is 4.74 Å². The fourth-order valence-corrected chi connectivity index (χ4v) is 1.29. The van der Waals surface area contributed by atoms with E-state index in [0.29, 0.717) is 0 Å². The normalized spacial score (nSPS) is 11.9. The molecule has 0 fully saturated rings. The van der Waals surface area contributed by atoms with Gasteiger partial charge in [0.2, 0.25) is 0 Å². The van der Waals surface area contributed by atoms with Crippen molar-refractivity contribution in [1.82, 2.24) is 0 Å². The standard InChI is InChI=1S/C12H17NO/c1-5-10(3)13-11-6-7-12(14-4)9(2)8-11/h5-8,10,13H,1H2,2-4H3. The van der Waals surface area contributed by atoms with Crippen molar-refractivity contribution in [2.45, 2.75) is 19.9 Å². The van der Waals surface area contributed by atoms with E-state index in [9.17, 15) is 0 Å². The quantitative estimate of drug-likeness (QED) is 0.739. The maximum Gasteiger partial charge on any atom is 0.121 e. The van der Waals surface area contributed by atoms with Gasteiger partial charge in [-0.3, -0.25) is 0 Å². The Morgan fingerprint density at radius 1 is 1.50 bits per heavy atom. The van der Waals surface area contributed by atoms with Crippen molar-refractivity contribution in [3.05, 3.63) is 36.4 Å². The molecule has 0 bridgehead atoms. The molecule has 0 spiro atoms. The Bertz CT molecular complexity index is 320. The molecule has 2 nitrogen and oxygen atoms in total. The molecule has 1 aromatic rings. The van der Waals surface area contributed by atoms with Crippen molar-refractivity contribution >= 4 is 5.69 Å². The number of methoxy groups -OCH3 is 1. The first-order valence-electron chi connectivity index (χ1n) is 4.71. The Labute approximate surface area is 85.6 Å². The highest BCUT2D eigenvalue weighted by atomic mass is 16.5. The van der Waals surface area contributed by atoms with E-state index in [0.717, 1.165) is 17.0 Å². The minimum absolute atomic E-state index is 0.280. The summed E-state index contributed by atoms with van der Waals surface area (Å²) in [5.41, 5.74) is 2.23. The van der Waals surface area contributed by atoms with Crippen LogP contribution in [-0.2, 0) is 0 Å². The van der Waals surface area contributed by atoms with Crippen LogP contribution in [0.15, 0.2) is 30.9 Å². The third-order valence-corrected chi connectivity index (χ3v) is 2.14. The first kappa shape index (κ1) is 10.6. The number of anilines is 1. The maximum absolute atomic E-state index is 5.18. The topological polar surface area (TPSA) is 21.3 Å². The Kier molecular flexibility index (Phi) is 3.57. The van der Waals surface area contributed by atoms with Gasteiger partial charge in [-0.05, 0) is 37.6 Å². The second-order valence-corrected chi connectivity index (χ2v) is 3.35. The van der Waals surface area contributed by atoms with Crippen LogP contribution in [0, 0.1) is 6.92 Å². The molecular weight excluding hydrogens is 174 g/mol. The Balaban J connectivity index is 2.80. The van der Waals surface area contributed by atoms with E-state index in [1.165, 1.54) is 0 Å². The van der Waals surface area contributed by atoms with Gasteiger partial charge in [0, 0.05) is 11.7 Å². The van der Waals surface area contributed by atoms with E-state index in [2.05, 4.69) is 24.9 Å². The lowest BCUT2D eigenvalue weighted by Crippen LogP contribution is -2.11. The van der Waals surface area contributed by atoms with Crippen molar-refractivity contribution in [3.63, 3.8) is 0 Å². The van der Waals surface area contributed by atoms with Gasteiger partial charge in [0.15, 0.2) is 0 Å². The Morgan fingerprint density at radius 2 is 2.21 bits per heavy atom. The first-order valence-corrected chi connectivity index (χ1v) is 4.71. The lowest BCUT2D eigenvalue weighted by molar-refractivity contribution is 0.412. The van der Waals surface area contributed by atoms with Crippen LogP contribution < -0.4 is 10.1 Å². The summed E-state index contributed by atoms with van der Waals surface area (Å²) in [6, 6.07) is 6.32. The third-order valence-electron chi connectivity index (χ3n) is 2.14. The summed E-state index contributed by atoms with van der Waals surface area (Å²) in [7, 11) is 1.68. The highest BCUT2D eigenvalue weighted by molar-refractivity contribution is 5.51. The molecule has 0 aliphatic heterocycles. The van der Waals surface area contributed by atoms with Crippen LogP contribution in [-0.4, -0.2) is 13.2 Å². The summed E-state index contributed by atoms with van der Waals surface area (Å²) >= 11 is 0. The van der Waals surface area contributed by atoms with Crippen LogP contribution in [0.5, 0.6) is 5.75 Å². The van der Waals surface area contributed by atoms with Crippen molar-refractivity contribution in [2.24, 2.45) is 0 Å². The van der Waals surface area contributed by atoms with Crippen LogP contribution >= 0.6 is 0 Å². The number of benzene rings is 1. The van der Waals surface area contributed by atoms with Crippen molar-refractivity contribution in [1.29, 1.82) is 0 Å². The van der Waals surface area contributed by atoms with Crippen LogP contribution in [0.4, 0.5) is 5.69 Å². The number of rotatable bonds is 4. The molecule has 0 radical (unpaired) electrons. The zero-order valence-corrected chi connectivity index (χ0v) is 9.00. The SMILES string of the molecule is C=CC(C)Nc1ccc(OC)c(C)c1. The molecule has 1 aromatic carbocycles. The lowest BCUT2D eigenvalue weighted by atomic mass is 10.2. The molecule has 0 aliphatic rings. The highest BCUT2D eigenvalue weighted by Gasteiger charge is 2.00. The van der Waals surface area contributed by atoms with Gasteiger partial charge >= 0.3 is 0 Å². The lowest BCUT2D eigenvalue weighted by Gasteiger charge is -2.12. The van der Waals surface area contributed by atoms with Gasteiger partial charge in [0.05, 0.1) is 7.11 Å². The number of nitrogens with one attached hydrogen (secondary N) is 1. The average Bonchev–Trinajstić information content (AvgIpc) is 2.18. The van der Waals surface area contributed by atoms with E-state index in [-0.39, 0.29) is 6.04 Å². The number of hydrogen-bond acceptors (Lipinski definition) is 2. The zero-order chi connectivity index (χ0) is 10.6. The van der Waals surface area contributed by atoms with Crippen molar-refractivity contribution in [2.75, 3.05) is 12.4 Å². The maximum atomic E-state index is 5.18. The highest BCUT2D eigenvalue weighted by Crippen LogP contribution is 2.21. The fourth-order valence-electron chi connectivity index (χ4n) is 1.29. The van der Waals surface area contributed by atoms with E-state index in [4.69, 9.17) is 4.74 Å². The molecule has 2 heteroatoms. The molecule has 0 saturated heterocycles. The summed E-state index contributed by atoms with van der Waals surface area (Å²) < 4.78 is 5.18. The van der Waals surface area contributed by atoms with Crippen molar-refractivity contribution in [3.8, 4) is 5.75 Å². The largest absolute Gasteiger partial charge is 0.496 e.